The van der Waals surface area contributed by atoms with E-state index in [1.54, 1.807) is 14.2 Å². The zero-order valence-electron chi connectivity index (χ0n) is 16.6. The molecule has 0 radical (unpaired) electrons. The van der Waals surface area contributed by atoms with Crippen LogP contribution in [0.2, 0.25) is 0 Å². The highest BCUT2D eigenvalue weighted by molar-refractivity contribution is 5.58. The van der Waals surface area contributed by atoms with Gasteiger partial charge >= 0.3 is 5.69 Å². The minimum atomic E-state index is -0.338. The number of hydrogen-bond donors (Lipinski definition) is 2. The van der Waals surface area contributed by atoms with E-state index in [2.05, 4.69) is 26.7 Å². The summed E-state index contributed by atoms with van der Waals surface area (Å²) in [4.78, 5) is 26.0. The Morgan fingerprint density at radius 2 is 1.71 bits per heavy atom. The second kappa shape index (κ2) is 8.94. The first-order chi connectivity index (χ1) is 13.5. The Balaban J connectivity index is 1.45. The molecule has 2 N–H and O–H groups in total. The molecule has 3 rings (SSSR count). The topological polar surface area (TPSA) is 83.8 Å². The molecule has 2 aromatic rings. The first-order valence-electron chi connectivity index (χ1n) is 9.38. The lowest BCUT2D eigenvalue weighted by molar-refractivity contribution is 0.179. The molecule has 152 valence electrons. The van der Waals surface area contributed by atoms with Crippen molar-refractivity contribution in [3.05, 3.63) is 51.2 Å². The van der Waals surface area contributed by atoms with Gasteiger partial charge in [0.05, 0.1) is 12.8 Å². The number of nitrogens with one attached hydrogen (secondary N) is 2. The summed E-state index contributed by atoms with van der Waals surface area (Å²) < 4.78 is 7.98. The molecule has 0 amide bonds. The molecule has 0 bridgehead atoms. The summed E-state index contributed by atoms with van der Waals surface area (Å²) in [6.45, 7) is 4.89. The van der Waals surface area contributed by atoms with Gasteiger partial charge < -0.3 is 15.0 Å². The van der Waals surface area contributed by atoms with Gasteiger partial charge in [-0.3, -0.25) is 19.4 Å². The lowest BCUT2D eigenvalue weighted by Crippen LogP contribution is -2.53. The third kappa shape index (κ3) is 4.37. The van der Waals surface area contributed by atoms with Crippen LogP contribution in [0.25, 0.3) is 0 Å². The number of methoxy groups -OCH3 is 1. The number of hydrazine groups is 1. The minimum Gasteiger partial charge on any atom is -0.495 e. The molecule has 9 nitrogen and oxygen atoms in total. The Bertz CT molecular complexity index is 915. The molecule has 0 aliphatic carbocycles. The maximum atomic E-state index is 11.9. The van der Waals surface area contributed by atoms with Crippen molar-refractivity contribution in [3.8, 4) is 5.75 Å². The van der Waals surface area contributed by atoms with Gasteiger partial charge in [0.25, 0.3) is 5.56 Å². The van der Waals surface area contributed by atoms with E-state index >= 15 is 0 Å². The van der Waals surface area contributed by atoms with Crippen LogP contribution >= 0.6 is 0 Å². The van der Waals surface area contributed by atoms with Gasteiger partial charge in [-0.05, 0) is 12.1 Å². The van der Waals surface area contributed by atoms with E-state index in [0.29, 0.717) is 18.9 Å². The minimum absolute atomic E-state index is 0.314. The number of rotatable bonds is 7. The van der Waals surface area contributed by atoms with Crippen LogP contribution in [0.5, 0.6) is 5.75 Å². The number of para-hydroxylation sites is 2. The van der Waals surface area contributed by atoms with Gasteiger partial charge in [0, 0.05) is 59.4 Å². The van der Waals surface area contributed by atoms with Crippen LogP contribution in [-0.4, -0.2) is 60.5 Å². The van der Waals surface area contributed by atoms with E-state index in [4.69, 9.17) is 4.74 Å². The predicted octanol–water partition coefficient (Wildman–Crippen LogP) is -0.169. The van der Waals surface area contributed by atoms with Gasteiger partial charge in [0.1, 0.15) is 11.6 Å². The molecular weight excluding hydrogens is 360 g/mol. The SMILES string of the molecule is COc1ccccc1N1CCN(NCCNc2cc(=O)n(C)c(=O)n2C)CC1. The highest BCUT2D eigenvalue weighted by atomic mass is 16.5. The monoisotopic (exact) mass is 388 g/mol. The number of hydrogen-bond acceptors (Lipinski definition) is 7. The fourth-order valence-corrected chi connectivity index (χ4v) is 3.30. The van der Waals surface area contributed by atoms with Gasteiger partial charge in [0.15, 0.2) is 0 Å². The molecule has 1 aromatic carbocycles. The Labute approximate surface area is 164 Å². The molecule has 9 heteroatoms. The molecular formula is C19H28N6O3. The smallest absolute Gasteiger partial charge is 0.332 e. The third-order valence-corrected chi connectivity index (χ3v) is 5.00. The first-order valence-corrected chi connectivity index (χ1v) is 9.38. The summed E-state index contributed by atoms with van der Waals surface area (Å²) in [5, 5.41) is 5.34. The van der Waals surface area contributed by atoms with Crippen LogP contribution in [0.3, 0.4) is 0 Å². The fourth-order valence-electron chi connectivity index (χ4n) is 3.30. The van der Waals surface area contributed by atoms with E-state index < -0.39 is 0 Å². The van der Waals surface area contributed by atoms with E-state index in [1.165, 1.54) is 17.7 Å². The Hall–Kier alpha value is -2.78. The molecule has 0 unspecified atom stereocenters. The van der Waals surface area contributed by atoms with E-state index in [0.717, 1.165) is 42.2 Å². The van der Waals surface area contributed by atoms with Crippen LogP contribution in [-0.2, 0) is 14.1 Å². The Morgan fingerprint density at radius 3 is 2.43 bits per heavy atom. The molecule has 1 aliphatic heterocycles. The second-order valence-electron chi connectivity index (χ2n) is 6.75. The highest BCUT2D eigenvalue weighted by Gasteiger charge is 2.19. The molecule has 0 saturated carbocycles. The zero-order valence-corrected chi connectivity index (χ0v) is 16.6. The van der Waals surface area contributed by atoms with Gasteiger partial charge in [-0.15, -0.1) is 0 Å². The van der Waals surface area contributed by atoms with Crippen LogP contribution in [0, 0.1) is 0 Å². The summed E-state index contributed by atoms with van der Waals surface area (Å²) in [5.74, 6) is 1.42. The van der Waals surface area contributed by atoms with E-state index in [9.17, 15) is 9.59 Å². The summed E-state index contributed by atoms with van der Waals surface area (Å²) in [5.41, 5.74) is 3.87. The van der Waals surface area contributed by atoms with Gasteiger partial charge in [-0.1, -0.05) is 12.1 Å². The summed E-state index contributed by atoms with van der Waals surface area (Å²) >= 11 is 0. The predicted molar refractivity (Wildman–Crippen MR) is 110 cm³/mol. The van der Waals surface area contributed by atoms with Crippen LogP contribution in [0.15, 0.2) is 39.9 Å². The van der Waals surface area contributed by atoms with Crippen molar-refractivity contribution in [2.24, 2.45) is 14.1 Å². The summed E-state index contributed by atoms with van der Waals surface area (Å²) in [6, 6.07) is 9.51. The van der Waals surface area contributed by atoms with Gasteiger partial charge in [-0.2, -0.15) is 0 Å². The lowest BCUT2D eigenvalue weighted by Gasteiger charge is -2.36. The quantitative estimate of drug-likeness (QED) is 0.637. The van der Waals surface area contributed by atoms with Gasteiger partial charge in [-0.25, -0.2) is 9.80 Å². The summed E-state index contributed by atoms with van der Waals surface area (Å²) in [6.07, 6.45) is 0. The molecule has 1 aromatic heterocycles. The standard InChI is InChI=1S/C19H28N6O3/c1-22-17(14-18(26)23(2)19(22)27)20-8-9-21-25-12-10-24(11-13-25)15-6-4-5-7-16(15)28-3/h4-7,14,20-21H,8-13H2,1-3H3. The van der Waals surface area contributed by atoms with Gasteiger partial charge in [0.2, 0.25) is 0 Å². The van der Waals surface area contributed by atoms with Crippen molar-refractivity contribution in [1.29, 1.82) is 0 Å². The lowest BCUT2D eigenvalue weighted by atomic mass is 10.2. The Morgan fingerprint density at radius 1 is 1.00 bits per heavy atom. The van der Waals surface area contributed by atoms with Crippen LogP contribution in [0.4, 0.5) is 11.5 Å². The van der Waals surface area contributed by atoms with Crippen molar-refractivity contribution in [2.75, 3.05) is 56.6 Å². The normalized spacial score (nSPS) is 14.9. The number of ether oxygens (including phenoxy) is 1. The highest BCUT2D eigenvalue weighted by Crippen LogP contribution is 2.28. The average Bonchev–Trinajstić information content (AvgIpc) is 2.73. The maximum Gasteiger partial charge on any atom is 0.332 e. The molecule has 1 aliphatic rings. The van der Waals surface area contributed by atoms with Crippen molar-refractivity contribution in [2.45, 2.75) is 0 Å². The number of aromatic nitrogens is 2. The largest absolute Gasteiger partial charge is 0.495 e. The zero-order chi connectivity index (χ0) is 20.1. The first kappa shape index (κ1) is 20.0. The fraction of sp³-hybridized carbons (Fsp3) is 0.474. The van der Waals surface area contributed by atoms with Crippen molar-refractivity contribution in [3.63, 3.8) is 0 Å². The molecule has 0 atom stereocenters. The maximum absolute atomic E-state index is 11.9. The van der Waals surface area contributed by atoms with E-state index in [-0.39, 0.29) is 11.2 Å². The molecule has 2 heterocycles. The Kier molecular flexibility index (Phi) is 6.37. The number of anilines is 2. The van der Waals surface area contributed by atoms with Crippen molar-refractivity contribution in [1.82, 2.24) is 19.6 Å². The van der Waals surface area contributed by atoms with Crippen molar-refractivity contribution < 1.29 is 4.74 Å². The average molecular weight is 388 g/mol. The molecule has 28 heavy (non-hydrogen) atoms. The second-order valence-corrected chi connectivity index (χ2v) is 6.75. The molecule has 1 saturated heterocycles. The third-order valence-electron chi connectivity index (χ3n) is 5.00. The van der Waals surface area contributed by atoms with E-state index in [1.807, 2.05) is 18.2 Å². The molecule has 1 fully saturated rings. The van der Waals surface area contributed by atoms with Crippen LogP contribution in [0.1, 0.15) is 0 Å². The number of nitrogens with zero attached hydrogens (tertiary/aromatic N) is 4. The number of benzene rings is 1. The molecule has 0 spiro atoms. The summed E-state index contributed by atoms with van der Waals surface area (Å²) in [7, 11) is 4.82. The van der Waals surface area contributed by atoms with Crippen molar-refractivity contribution >= 4 is 11.5 Å². The number of piperazine rings is 1. The van der Waals surface area contributed by atoms with Crippen LogP contribution < -0.4 is 31.6 Å².